The van der Waals surface area contributed by atoms with Crippen LogP contribution in [0.1, 0.15) is 18.9 Å². The first kappa shape index (κ1) is 20.8. The van der Waals surface area contributed by atoms with Crippen LogP contribution in [0, 0.1) is 6.92 Å². The number of aromatic nitrogens is 4. The topological polar surface area (TPSA) is 98.9 Å². The molecule has 1 aromatic carbocycles. The summed E-state index contributed by atoms with van der Waals surface area (Å²) in [5.74, 6) is 0.392. The molecule has 0 unspecified atom stereocenters. The summed E-state index contributed by atoms with van der Waals surface area (Å²) in [7, 11) is 2.99. The van der Waals surface area contributed by atoms with E-state index in [1.807, 2.05) is 38.1 Å². The molecule has 0 spiro atoms. The van der Waals surface area contributed by atoms with Crippen LogP contribution in [0.4, 0.5) is 0 Å². The van der Waals surface area contributed by atoms with Crippen LogP contribution in [0.5, 0.6) is 0 Å². The molecule has 1 amide bonds. The average Bonchev–Trinajstić information content (AvgIpc) is 2.72. The van der Waals surface area contributed by atoms with Crippen LogP contribution in [0.2, 0.25) is 0 Å². The van der Waals surface area contributed by atoms with E-state index >= 15 is 0 Å². The molecule has 0 aliphatic rings. The molecule has 0 saturated carbocycles. The zero-order valence-corrected chi connectivity index (χ0v) is 17.7. The normalized spacial score (nSPS) is 11.0. The van der Waals surface area contributed by atoms with E-state index in [-0.39, 0.29) is 22.7 Å². The highest BCUT2D eigenvalue weighted by atomic mass is 32.2. The number of hydrogen-bond acceptors (Lipinski definition) is 6. The van der Waals surface area contributed by atoms with Gasteiger partial charge in [-0.05, 0) is 18.9 Å². The Morgan fingerprint density at radius 1 is 1.14 bits per heavy atom. The monoisotopic (exact) mass is 413 g/mol. The van der Waals surface area contributed by atoms with Crippen molar-refractivity contribution in [3.63, 3.8) is 0 Å². The van der Waals surface area contributed by atoms with Crippen LogP contribution in [0.15, 0.2) is 38.9 Å². The molecule has 0 aliphatic heterocycles. The average molecular weight is 414 g/mol. The number of amides is 1. The molecule has 29 heavy (non-hydrogen) atoms. The number of thioether (sulfide) groups is 1. The van der Waals surface area contributed by atoms with Crippen molar-refractivity contribution in [2.75, 3.05) is 12.3 Å². The second kappa shape index (κ2) is 8.60. The van der Waals surface area contributed by atoms with Crippen LogP contribution in [-0.4, -0.2) is 37.3 Å². The summed E-state index contributed by atoms with van der Waals surface area (Å²) >= 11 is 1.17. The van der Waals surface area contributed by atoms with E-state index in [9.17, 15) is 14.4 Å². The largest absolute Gasteiger partial charge is 0.355 e. The van der Waals surface area contributed by atoms with E-state index in [4.69, 9.17) is 0 Å². The van der Waals surface area contributed by atoms with Crippen molar-refractivity contribution in [3.8, 4) is 11.4 Å². The van der Waals surface area contributed by atoms with Gasteiger partial charge in [0.15, 0.2) is 11.5 Å². The van der Waals surface area contributed by atoms with Gasteiger partial charge in [-0.15, -0.1) is 0 Å². The number of hydrogen-bond donors (Lipinski definition) is 1. The van der Waals surface area contributed by atoms with Gasteiger partial charge < -0.3 is 5.32 Å². The van der Waals surface area contributed by atoms with Crippen molar-refractivity contribution in [2.45, 2.75) is 25.3 Å². The standard InChI is InChI=1S/C20H23N5O3S/c1-5-10-21-14(26)11-29-18-15-17(24(3)20(28)25(4)19(15)27)22-16(23-18)13-9-7-6-8-12(13)2/h6-9H,5,10-11H2,1-4H3,(H,21,26). The maximum Gasteiger partial charge on any atom is 0.332 e. The number of aryl methyl sites for hydroxylation is 2. The van der Waals surface area contributed by atoms with Gasteiger partial charge in [0, 0.05) is 26.2 Å². The molecule has 2 aromatic heterocycles. The van der Waals surface area contributed by atoms with E-state index in [1.54, 1.807) is 7.05 Å². The molecule has 9 heteroatoms. The Kier molecular flexibility index (Phi) is 6.17. The third-order valence-electron chi connectivity index (χ3n) is 4.56. The highest BCUT2D eigenvalue weighted by Gasteiger charge is 2.19. The van der Waals surface area contributed by atoms with Crippen LogP contribution < -0.4 is 16.6 Å². The number of carbonyl (C=O) groups is 1. The number of nitrogens with one attached hydrogen (secondary N) is 1. The Labute approximate surface area is 172 Å². The Hall–Kier alpha value is -2.94. The first-order chi connectivity index (χ1) is 13.8. The minimum Gasteiger partial charge on any atom is -0.355 e. The maximum atomic E-state index is 12.8. The van der Waals surface area contributed by atoms with Gasteiger partial charge in [0.05, 0.1) is 5.75 Å². The van der Waals surface area contributed by atoms with Crippen molar-refractivity contribution in [3.05, 3.63) is 50.7 Å². The van der Waals surface area contributed by atoms with E-state index < -0.39 is 11.2 Å². The summed E-state index contributed by atoms with van der Waals surface area (Å²) in [6.07, 6.45) is 0.840. The number of carbonyl (C=O) groups excluding carboxylic acids is 1. The quantitative estimate of drug-likeness (QED) is 0.487. The van der Waals surface area contributed by atoms with Gasteiger partial charge in [-0.3, -0.25) is 18.7 Å². The zero-order chi connectivity index (χ0) is 21.1. The second-order valence-electron chi connectivity index (χ2n) is 6.71. The van der Waals surface area contributed by atoms with E-state index in [0.717, 1.165) is 22.1 Å². The minimum atomic E-state index is -0.476. The second-order valence-corrected chi connectivity index (χ2v) is 7.67. The Morgan fingerprint density at radius 3 is 2.55 bits per heavy atom. The summed E-state index contributed by atoms with van der Waals surface area (Å²) in [5, 5.41) is 3.43. The molecule has 8 nitrogen and oxygen atoms in total. The number of rotatable bonds is 6. The first-order valence-electron chi connectivity index (χ1n) is 9.28. The number of nitrogens with zero attached hydrogens (tertiary/aromatic N) is 4. The SMILES string of the molecule is CCCNC(=O)CSc1nc(-c2ccccc2C)nc2c1c(=O)n(C)c(=O)n2C. The molecule has 3 aromatic rings. The van der Waals surface area contributed by atoms with Crippen LogP contribution >= 0.6 is 11.8 Å². The summed E-state index contributed by atoms with van der Waals surface area (Å²) < 4.78 is 2.36. The molecule has 1 N–H and O–H groups in total. The molecule has 152 valence electrons. The van der Waals surface area contributed by atoms with Gasteiger partial charge in [-0.1, -0.05) is 43.0 Å². The Balaban J connectivity index is 2.21. The summed E-state index contributed by atoms with van der Waals surface area (Å²) in [6, 6.07) is 7.62. The first-order valence-corrected chi connectivity index (χ1v) is 10.3. The van der Waals surface area contributed by atoms with E-state index in [0.29, 0.717) is 17.4 Å². The van der Waals surface area contributed by atoms with E-state index in [2.05, 4.69) is 15.3 Å². The molecular weight excluding hydrogens is 390 g/mol. The Morgan fingerprint density at radius 2 is 1.86 bits per heavy atom. The molecule has 0 bridgehead atoms. The van der Waals surface area contributed by atoms with Crippen molar-refractivity contribution in [1.29, 1.82) is 0 Å². The van der Waals surface area contributed by atoms with Gasteiger partial charge in [-0.2, -0.15) is 0 Å². The maximum absolute atomic E-state index is 12.8. The highest BCUT2D eigenvalue weighted by Crippen LogP contribution is 2.27. The summed E-state index contributed by atoms with van der Waals surface area (Å²) in [6.45, 7) is 4.51. The van der Waals surface area contributed by atoms with Crippen molar-refractivity contribution >= 4 is 28.7 Å². The summed E-state index contributed by atoms with van der Waals surface area (Å²) in [4.78, 5) is 46.4. The third kappa shape index (κ3) is 4.09. The fourth-order valence-corrected chi connectivity index (χ4v) is 3.77. The zero-order valence-electron chi connectivity index (χ0n) is 16.9. The van der Waals surface area contributed by atoms with Crippen molar-refractivity contribution in [2.24, 2.45) is 14.1 Å². The van der Waals surface area contributed by atoms with Gasteiger partial charge >= 0.3 is 5.69 Å². The molecule has 2 heterocycles. The lowest BCUT2D eigenvalue weighted by Crippen LogP contribution is -2.37. The lowest BCUT2D eigenvalue weighted by molar-refractivity contribution is -0.118. The number of fused-ring (bicyclic) bond motifs is 1. The fourth-order valence-electron chi connectivity index (χ4n) is 2.93. The van der Waals surface area contributed by atoms with E-state index in [1.165, 1.54) is 23.4 Å². The molecule has 0 atom stereocenters. The third-order valence-corrected chi connectivity index (χ3v) is 5.54. The molecule has 3 rings (SSSR count). The lowest BCUT2D eigenvalue weighted by Gasteiger charge is -2.13. The van der Waals surface area contributed by atoms with Crippen LogP contribution in [0.25, 0.3) is 22.4 Å². The minimum absolute atomic E-state index is 0.116. The lowest BCUT2D eigenvalue weighted by atomic mass is 10.1. The Bertz CT molecular complexity index is 1200. The predicted molar refractivity (Wildman–Crippen MR) is 114 cm³/mol. The van der Waals surface area contributed by atoms with Gasteiger partial charge in [0.25, 0.3) is 5.56 Å². The predicted octanol–water partition coefficient (Wildman–Crippen LogP) is 1.62. The van der Waals surface area contributed by atoms with Crippen molar-refractivity contribution in [1.82, 2.24) is 24.4 Å². The van der Waals surface area contributed by atoms with Crippen LogP contribution in [-0.2, 0) is 18.9 Å². The van der Waals surface area contributed by atoms with Gasteiger partial charge in [0.2, 0.25) is 5.91 Å². The van der Waals surface area contributed by atoms with Gasteiger partial charge in [-0.25, -0.2) is 14.8 Å². The van der Waals surface area contributed by atoms with Crippen molar-refractivity contribution < 1.29 is 4.79 Å². The smallest absolute Gasteiger partial charge is 0.332 e. The molecule has 0 aliphatic carbocycles. The fraction of sp³-hybridized carbons (Fsp3) is 0.350. The molecule has 0 radical (unpaired) electrons. The molecule has 0 saturated heterocycles. The summed E-state index contributed by atoms with van der Waals surface area (Å²) in [5.41, 5.74) is 1.09. The molecule has 0 fully saturated rings. The van der Waals surface area contributed by atoms with Gasteiger partial charge in [0.1, 0.15) is 10.4 Å². The highest BCUT2D eigenvalue weighted by molar-refractivity contribution is 8.00. The molecular formula is C20H23N5O3S. The number of benzene rings is 1. The van der Waals surface area contributed by atoms with Crippen LogP contribution in [0.3, 0.4) is 0 Å².